The second-order valence-corrected chi connectivity index (χ2v) is 6.50. The third-order valence-electron chi connectivity index (χ3n) is 3.12. The molecule has 2 aromatic rings. The summed E-state index contributed by atoms with van der Waals surface area (Å²) in [4.78, 5) is 4.80. The van der Waals surface area contributed by atoms with Gasteiger partial charge < -0.3 is 5.32 Å². The molecular formula is C13H12BrIN2. The highest BCUT2D eigenvalue weighted by molar-refractivity contribution is 14.1. The quantitative estimate of drug-likeness (QED) is 0.747. The van der Waals surface area contributed by atoms with E-state index >= 15 is 0 Å². The van der Waals surface area contributed by atoms with Crippen LogP contribution < -0.4 is 5.32 Å². The number of hydrogen-bond acceptors (Lipinski definition) is 2. The van der Waals surface area contributed by atoms with Crippen molar-refractivity contribution in [3.05, 3.63) is 31.9 Å². The molecule has 1 heterocycles. The van der Waals surface area contributed by atoms with Crippen molar-refractivity contribution in [2.45, 2.75) is 18.8 Å². The molecule has 1 fully saturated rings. The highest BCUT2D eigenvalue weighted by Gasteiger charge is 2.26. The molecule has 0 bridgehead atoms. The molecule has 1 N–H and O–H groups in total. The standard InChI is InChI=1S/C13H12BrIN2/c1-16-12-6-11(7-2-3-7)17-13-9(12)4-8(15)5-10(13)14/h4-7H,2-3H2,1H3,(H,16,17). The molecule has 88 valence electrons. The van der Waals surface area contributed by atoms with E-state index in [0.29, 0.717) is 5.92 Å². The smallest absolute Gasteiger partial charge is 0.0868 e. The van der Waals surface area contributed by atoms with Gasteiger partial charge in [0.05, 0.1) is 5.52 Å². The van der Waals surface area contributed by atoms with E-state index in [9.17, 15) is 0 Å². The minimum atomic E-state index is 0.678. The summed E-state index contributed by atoms with van der Waals surface area (Å²) >= 11 is 5.96. The van der Waals surface area contributed by atoms with Gasteiger partial charge in [0.1, 0.15) is 0 Å². The Morgan fingerprint density at radius 3 is 2.76 bits per heavy atom. The van der Waals surface area contributed by atoms with E-state index in [1.54, 1.807) is 0 Å². The number of pyridine rings is 1. The minimum absolute atomic E-state index is 0.678. The zero-order chi connectivity index (χ0) is 12.0. The summed E-state index contributed by atoms with van der Waals surface area (Å²) < 4.78 is 2.30. The van der Waals surface area contributed by atoms with Crippen molar-refractivity contribution in [3.63, 3.8) is 0 Å². The molecule has 1 aromatic heterocycles. The Labute approximate surface area is 122 Å². The van der Waals surface area contributed by atoms with Crippen LogP contribution in [0.5, 0.6) is 0 Å². The SMILES string of the molecule is CNc1cc(C2CC2)nc2c(Br)cc(I)cc12. The van der Waals surface area contributed by atoms with Crippen molar-refractivity contribution in [1.82, 2.24) is 4.98 Å². The predicted molar refractivity (Wildman–Crippen MR) is 83.7 cm³/mol. The number of hydrogen-bond donors (Lipinski definition) is 1. The average Bonchev–Trinajstić information content (AvgIpc) is 3.11. The number of halogens is 2. The fourth-order valence-corrected chi connectivity index (χ4v) is 3.67. The van der Waals surface area contributed by atoms with Crippen LogP contribution in [0.3, 0.4) is 0 Å². The summed E-state index contributed by atoms with van der Waals surface area (Å²) in [5.74, 6) is 0.678. The number of nitrogens with zero attached hydrogens (tertiary/aromatic N) is 1. The van der Waals surface area contributed by atoms with Crippen LogP contribution in [0.2, 0.25) is 0 Å². The van der Waals surface area contributed by atoms with Gasteiger partial charge in [-0.05, 0) is 69.6 Å². The lowest BCUT2D eigenvalue weighted by molar-refractivity contribution is 1.04. The van der Waals surface area contributed by atoms with E-state index in [0.717, 1.165) is 9.99 Å². The maximum Gasteiger partial charge on any atom is 0.0868 e. The lowest BCUT2D eigenvalue weighted by Gasteiger charge is -2.10. The molecule has 0 aliphatic heterocycles. The van der Waals surface area contributed by atoms with Crippen LogP contribution in [0, 0.1) is 3.57 Å². The first kappa shape index (κ1) is 11.7. The molecule has 0 amide bonds. The monoisotopic (exact) mass is 402 g/mol. The largest absolute Gasteiger partial charge is 0.388 e. The lowest BCUT2D eigenvalue weighted by Crippen LogP contribution is -1.96. The normalized spacial score (nSPS) is 15.2. The average molecular weight is 403 g/mol. The van der Waals surface area contributed by atoms with E-state index < -0.39 is 0 Å². The molecule has 0 unspecified atom stereocenters. The molecule has 3 rings (SSSR count). The zero-order valence-electron chi connectivity index (χ0n) is 9.43. The van der Waals surface area contributed by atoms with Gasteiger partial charge in [-0.1, -0.05) is 0 Å². The van der Waals surface area contributed by atoms with Crippen LogP contribution in [-0.2, 0) is 0 Å². The third-order valence-corrected chi connectivity index (χ3v) is 4.34. The maximum atomic E-state index is 4.80. The highest BCUT2D eigenvalue weighted by atomic mass is 127. The van der Waals surface area contributed by atoms with E-state index in [4.69, 9.17) is 4.98 Å². The lowest BCUT2D eigenvalue weighted by atomic mass is 10.1. The summed E-state index contributed by atoms with van der Waals surface area (Å²) in [6, 6.07) is 6.49. The number of aromatic nitrogens is 1. The van der Waals surface area contributed by atoms with E-state index in [-0.39, 0.29) is 0 Å². The molecular weight excluding hydrogens is 391 g/mol. The molecule has 4 heteroatoms. The second-order valence-electron chi connectivity index (χ2n) is 4.40. The first-order valence-corrected chi connectivity index (χ1v) is 7.53. The first-order valence-electron chi connectivity index (χ1n) is 5.66. The van der Waals surface area contributed by atoms with E-state index in [1.165, 1.54) is 33.2 Å². The molecule has 1 aromatic carbocycles. The van der Waals surface area contributed by atoms with Crippen molar-refractivity contribution >= 4 is 55.1 Å². The van der Waals surface area contributed by atoms with Crippen LogP contribution in [0.1, 0.15) is 24.5 Å². The Morgan fingerprint density at radius 1 is 1.35 bits per heavy atom. The van der Waals surface area contributed by atoms with Crippen molar-refractivity contribution < 1.29 is 0 Å². The Morgan fingerprint density at radius 2 is 2.12 bits per heavy atom. The van der Waals surface area contributed by atoms with Gasteiger partial charge in [-0.3, -0.25) is 4.98 Å². The number of anilines is 1. The van der Waals surface area contributed by atoms with Crippen molar-refractivity contribution in [1.29, 1.82) is 0 Å². The van der Waals surface area contributed by atoms with E-state index in [1.807, 2.05) is 7.05 Å². The van der Waals surface area contributed by atoms with Crippen molar-refractivity contribution in [3.8, 4) is 0 Å². The molecule has 0 spiro atoms. The van der Waals surface area contributed by atoms with Gasteiger partial charge in [-0.2, -0.15) is 0 Å². The van der Waals surface area contributed by atoms with Crippen molar-refractivity contribution in [2.24, 2.45) is 0 Å². The molecule has 1 saturated carbocycles. The first-order chi connectivity index (χ1) is 8.19. The fraction of sp³-hybridized carbons (Fsp3) is 0.308. The van der Waals surface area contributed by atoms with Gasteiger partial charge in [-0.15, -0.1) is 0 Å². The number of nitrogens with one attached hydrogen (secondary N) is 1. The number of rotatable bonds is 2. The van der Waals surface area contributed by atoms with E-state index in [2.05, 4.69) is 62.0 Å². The van der Waals surface area contributed by atoms with Gasteiger partial charge in [0, 0.05) is 37.8 Å². The van der Waals surface area contributed by atoms with Gasteiger partial charge in [-0.25, -0.2) is 0 Å². The van der Waals surface area contributed by atoms with Crippen LogP contribution in [0.25, 0.3) is 10.9 Å². The Kier molecular flexibility index (Phi) is 3.02. The summed E-state index contributed by atoms with van der Waals surface area (Å²) in [7, 11) is 1.97. The van der Waals surface area contributed by atoms with Crippen molar-refractivity contribution in [2.75, 3.05) is 12.4 Å². The molecule has 0 radical (unpaired) electrons. The van der Waals surface area contributed by atoms with Crippen LogP contribution in [0.15, 0.2) is 22.7 Å². The van der Waals surface area contributed by atoms with Crippen LogP contribution >= 0.6 is 38.5 Å². The number of benzene rings is 1. The molecule has 0 atom stereocenters. The molecule has 2 nitrogen and oxygen atoms in total. The fourth-order valence-electron chi connectivity index (χ4n) is 2.07. The highest BCUT2D eigenvalue weighted by Crippen LogP contribution is 2.42. The maximum absolute atomic E-state index is 4.80. The summed E-state index contributed by atoms with van der Waals surface area (Å²) in [5, 5.41) is 4.47. The zero-order valence-corrected chi connectivity index (χ0v) is 13.2. The summed E-state index contributed by atoms with van der Waals surface area (Å²) in [5.41, 5.74) is 3.47. The van der Waals surface area contributed by atoms with Gasteiger partial charge in [0.2, 0.25) is 0 Å². The molecule has 0 saturated heterocycles. The van der Waals surface area contributed by atoms with Gasteiger partial charge in [0.15, 0.2) is 0 Å². The molecule has 1 aliphatic carbocycles. The van der Waals surface area contributed by atoms with Crippen LogP contribution in [0.4, 0.5) is 5.69 Å². The summed E-state index contributed by atoms with van der Waals surface area (Å²) in [6.07, 6.45) is 2.56. The summed E-state index contributed by atoms with van der Waals surface area (Å²) in [6.45, 7) is 0. The topological polar surface area (TPSA) is 24.9 Å². The predicted octanol–water partition coefficient (Wildman–Crippen LogP) is 4.52. The van der Waals surface area contributed by atoms with Gasteiger partial charge in [0.25, 0.3) is 0 Å². The van der Waals surface area contributed by atoms with Crippen LogP contribution in [-0.4, -0.2) is 12.0 Å². The Bertz CT molecular complexity index is 593. The minimum Gasteiger partial charge on any atom is -0.388 e. The second kappa shape index (κ2) is 4.39. The Hall–Kier alpha value is -0.360. The Balaban J connectivity index is 2.31. The van der Waals surface area contributed by atoms with Gasteiger partial charge >= 0.3 is 0 Å². The number of fused-ring (bicyclic) bond motifs is 1. The molecule has 1 aliphatic rings. The third kappa shape index (κ3) is 2.17. The molecule has 17 heavy (non-hydrogen) atoms.